The Labute approximate surface area is 139 Å². The molecule has 0 spiro atoms. The summed E-state index contributed by atoms with van der Waals surface area (Å²) in [5.74, 6) is -0.325. The molecule has 6 nitrogen and oxygen atoms in total. The topological polar surface area (TPSA) is 75.7 Å². The largest absolute Gasteiger partial charge is 0.494 e. The summed E-state index contributed by atoms with van der Waals surface area (Å²) in [6.45, 7) is 5.68. The van der Waals surface area contributed by atoms with Gasteiger partial charge < -0.3 is 10.1 Å². The van der Waals surface area contributed by atoms with E-state index in [1.165, 1.54) is 11.8 Å². The molecule has 1 aliphatic rings. The molecule has 0 aliphatic carbocycles. The van der Waals surface area contributed by atoms with E-state index in [4.69, 9.17) is 4.74 Å². The van der Waals surface area contributed by atoms with E-state index in [1.54, 1.807) is 38.1 Å². The van der Waals surface area contributed by atoms with E-state index in [1.807, 2.05) is 6.92 Å². The number of thioether (sulfide) groups is 1. The molecule has 1 saturated heterocycles. The lowest BCUT2D eigenvalue weighted by atomic mass is 10.2. The SMILES string of the molecule is CCOc1ccc(NC(=O)CN2C(=O)[C@H](C)S[C@@H](C)C2=O)cc1. The quantitative estimate of drug-likeness (QED) is 0.831. The molecule has 0 aromatic heterocycles. The summed E-state index contributed by atoms with van der Waals surface area (Å²) in [5.41, 5.74) is 0.589. The maximum absolute atomic E-state index is 12.1. The fourth-order valence-electron chi connectivity index (χ4n) is 2.27. The molecule has 3 amide bonds. The molecule has 0 saturated carbocycles. The highest BCUT2D eigenvalue weighted by atomic mass is 32.2. The Kier molecular flexibility index (Phi) is 5.65. The lowest BCUT2D eigenvalue weighted by Crippen LogP contribution is -2.52. The molecule has 23 heavy (non-hydrogen) atoms. The lowest BCUT2D eigenvalue weighted by molar-refractivity contribution is -0.147. The van der Waals surface area contributed by atoms with Crippen molar-refractivity contribution in [3.8, 4) is 5.75 Å². The molecular weight excluding hydrogens is 316 g/mol. The van der Waals surface area contributed by atoms with Crippen LogP contribution >= 0.6 is 11.8 Å². The molecular formula is C16H20N2O4S. The van der Waals surface area contributed by atoms with Gasteiger partial charge in [0.25, 0.3) is 0 Å². The molecule has 1 aromatic rings. The van der Waals surface area contributed by atoms with Crippen LogP contribution in [0.15, 0.2) is 24.3 Å². The predicted octanol–water partition coefficient (Wildman–Crippen LogP) is 1.90. The van der Waals surface area contributed by atoms with Crippen LogP contribution in [0.3, 0.4) is 0 Å². The van der Waals surface area contributed by atoms with Crippen molar-refractivity contribution < 1.29 is 19.1 Å². The zero-order valence-corrected chi connectivity index (χ0v) is 14.2. The van der Waals surface area contributed by atoms with Crippen molar-refractivity contribution in [2.24, 2.45) is 0 Å². The highest BCUT2D eigenvalue weighted by Crippen LogP contribution is 2.26. The molecule has 124 valence electrons. The van der Waals surface area contributed by atoms with E-state index >= 15 is 0 Å². The normalized spacial score (nSPS) is 21.3. The molecule has 1 heterocycles. The van der Waals surface area contributed by atoms with Crippen LogP contribution in [0.2, 0.25) is 0 Å². The van der Waals surface area contributed by atoms with Crippen molar-refractivity contribution in [1.82, 2.24) is 4.90 Å². The van der Waals surface area contributed by atoms with Gasteiger partial charge in [-0.15, -0.1) is 11.8 Å². The third-order valence-corrected chi connectivity index (χ3v) is 4.61. The standard InChI is InChI=1S/C16H20N2O4S/c1-4-22-13-7-5-12(6-8-13)17-14(19)9-18-15(20)10(2)23-11(3)16(18)21/h5-8,10-11H,4,9H2,1-3H3,(H,17,19)/t10-,11-/m0/s1. The number of carbonyl (C=O) groups excluding carboxylic acids is 3. The summed E-state index contributed by atoms with van der Waals surface area (Å²) in [7, 11) is 0. The zero-order valence-electron chi connectivity index (χ0n) is 13.4. The first-order chi connectivity index (χ1) is 10.9. The molecule has 7 heteroatoms. The first kappa shape index (κ1) is 17.3. The average Bonchev–Trinajstić information content (AvgIpc) is 2.52. The van der Waals surface area contributed by atoms with Gasteiger partial charge >= 0.3 is 0 Å². The van der Waals surface area contributed by atoms with Crippen LogP contribution in [0.25, 0.3) is 0 Å². The van der Waals surface area contributed by atoms with Gasteiger partial charge in [-0.2, -0.15) is 0 Å². The Morgan fingerprint density at radius 1 is 1.17 bits per heavy atom. The van der Waals surface area contributed by atoms with Crippen LogP contribution in [0.4, 0.5) is 5.69 Å². The third-order valence-electron chi connectivity index (χ3n) is 3.39. The Morgan fingerprint density at radius 3 is 2.26 bits per heavy atom. The maximum Gasteiger partial charge on any atom is 0.244 e. The van der Waals surface area contributed by atoms with E-state index in [-0.39, 0.29) is 28.9 Å². The number of imide groups is 1. The lowest BCUT2D eigenvalue weighted by Gasteiger charge is -2.31. The highest BCUT2D eigenvalue weighted by molar-refractivity contribution is 8.02. The van der Waals surface area contributed by atoms with Crippen molar-refractivity contribution in [2.45, 2.75) is 31.3 Å². The molecule has 2 atom stereocenters. The van der Waals surface area contributed by atoms with Crippen LogP contribution in [0.1, 0.15) is 20.8 Å². The van der Waals surface area contributed by atoms with Crippen LogP contribution in [-0.2, 0) is 14.4 Å². The molecule has 0 radical (unpaired) electrons. The molecule has 1 aliphatic heterocycles. The number of ether oxygens (including phenoxy) is 1. The van der Waals surface area contributed by atoms with Crippen LogP contribution in [0.5, 0.6) is 5.75 Å². The van der Waals surface area contributed by atoms with E-state index < -0.39 is 5.91 Å². The average molecular weight is 336 g/mol. The molecule has 1 fully saturated rings. The smallest absolute Gasteiger partial charge is 0.244 e. The van der Waals surface area contributed by atoms with Gasteiger partial charge in [-0.05, 0) is 45.0 Å². The Balaban J connectivity index is 1.98. The van der Waals surface area contributed by atoms with Crippen molar-refractivity contribution in [1.29, 1.82) is 0 Å². The first-order valence-corrected chi connectivity index (χ1v) is 8.40. The molecule has 0 bridgehead atoms. The minimum Gasteiger partial charge on any atom is -0.494 e. The summed E-state index contributed by atoms with van der Waals surface area (Å²) in [6.07, 6.45) is 0. The zero-order chi connectivity index (χ0) is 17.0. The second-order valence-electron chi connectivity index (χ2n) is 5.19. The van der Waals surface area contributed by atoms with E-state index in [9.17, 15) is 14.4 Å². The summed E-state index contributed by atoms with van der Waals surface area (Å²) < 4.78 is 5.33. The molecule has 2 rings (SSSR count). The predicted molar refractivity (Wildman–Crippen MR) is 89.5 cm³/mol. The van der Waals surface area contributed by atoms with Gasteiger partial charge in [-0.1, -0.05) is 0 Å². The van der Waals surface area contributed by atoms with Gasteiger partial charge in [0.2, 0.25) is 17.7 Å². The number of amides is 3. The van der Waals surface area contributed by atoms with E-state index in [2.05, 4.69) is 5.32 Å². The third kappa shape index (κ3) is 4.25. The summed E-state index contributed by atoms with van der Waals surface area (Å²) in [4.78, 5) is 37.3. The second-order valence-corrected chi connectivity index (χ2v) is 6.88. The van der Waals surface area contributed by atoms with Crippen molar-refractivity contribution in [2.75, 3.05) is 18.5 Å². The fourth-order valence-corrected chi connectivity index (χ4v) is 3.37. The monoisotopic (exact) mass is 336 g/mol. The van der Waals surface area contributed by atoms with Crippen LogP contribution < -0.4 is 10.1 Å². The van der Waals surface area contributed by atoms with E-state index in [0.29, 0.717) is 18.0 Å². The fraction of sp³-hybridized carbons (Fsp3) is 0.438. The highest BCUT2D eigenvalue weighted by Gasteiger charge is 2.37. The number of rotatable bonds is 5. The molecule has 0 unspecified atom stereocenters. The van der Waals surface area contributed by atoms with Crippen molar-refractivity contribution in [3.05, 3.63) is 24.3 Å². The Hall–Kier alpha value is -2.02. The number of nitrogens with one attached hydrogen (secondary N) is 1. The summed E-state index contributed by atoms with van der Waals surface area (Å²) in [5, 5.41) is 2.04. The number of nitrogens with zero attached hydrogens (tertiary/aromatic N) is 1. The van der Waals surface area contributed by atoms with Crippen molar-refractivity contribution >= 4 is 35.2 Å². The maximum atomic E-state index is 12.1. The Morgan fingerprint density at radius 2 is 1.74 bits per heavy atom. The Bertz CT molecular complexity index is 583. The van der Waals surface area contributed by atoms with Gasteiger partial charge in [-0.25, -0.2) is 0 Å². The number of hydrogen-bond acceptors (Lipinski definition) is 5. The van der Waals surface area contributed by atoms with Gasteiger partial charge in [0.15, 0.2) is 0 Å². The van der Waals surface area contributed by atoms with Gasteiger partial charge in [0.1, 0.15) is 12.3 Å². The summed E-state index contributed by atoms with van der Waals surface area (Å²) >= 11 is 1.31. The van der Waals surface area contributed by atoms with Gasteiger partial charge in [-0.3, -0.25) is 19.3 Å². The van der Waals surface area contributed by atoms with Crippen LogP contribution in [-0.4, -0.2) is 46.3 Å². The number of anilines is 1. The summed E-state index contributed by atoms with van der Waals surface area (Å²) in [6, 6.07) is 6.92. The van der Waals surface area contributed by atoms with Gasteiger partial charge in [0, 0.05) is 5.69 Å². The molecule has 1 aromatic carbocycles. The number of benzene rings is 1. The minimum absolute atomic E-state index is 0.264. The molecule has 1 N–H and O–H groups in total. The van der Waals surface area contributed by atoms with E-state index in [0.717, 1.165) is 4.90 Å². The number of hydrogen-bond donors (Lipinski definition) is 1. The van der Waals surface area contributed by atoms with Crippen LogP contribution in [0, 0.1) is 0 Å². The first-order valence-electron chi connectivity index (χ1n) is 7.45. The van der Waals surface area contributed by atoms with Crippen molar-refractivity contribution in [3.63, 3.8) is 0 Å². The van der Waals surface area contributed by atoms with Gasteiger partial charge in [0.05, 0.1) is 17.1 Å². The second kappa shape index (κ2) is 7.50. The number of carbonyl (C=O) groups is 3. The minimum atomic E-state index is -0.401.